The summed E-state index contributed by atoms with van der Waals surface area (Å²) in [6.07, 6.45) is 3.56. The molecule has 3 rings (SSSR count). The van der Waals surface area contributed by atoms with Crippen LogP contribution in [0.25, 0.3) is 5.69 Å². The molecule has 0 radical (unpaired) electrons. The fourth-order valence-corrected chi connectivity index (χ4v) is 2.87. The second-order valence-corrected chi connectivity index (χ2v) is 6.57. The Morgan fingerprint density at radius 3 is 2.36 bits per heavy atom. The minimum Gasteiger partial charge on any atom is -0.329 e. The van der Waals surface area contributed by atoms with E-state index in [9.17, 15) is 9.59 Å². The molecule has 0 aliphatic carbocycles. The minimum absolute atomic E-state index is 0.121. The van der Waals surface area contributed by atoms with Crippen LogP contribution < -0.4 is 16.0 Å². The molecule has 0 unspecified atom stereocenters. The molecule has 3 N–H and O–H groups in total. The molecule has 1 heterocycles. The van der Waals surface area contributed by atoms with E-state index in [0.717, 1.165) is 28.1 Å². The number of nitrogens with one attached hydrogen (secondary N) is 3. The Balaban J connectivity index is 1.55. The summed E-state index contributed by atoms with van der Waals surface area (Å²) in [5, 5.41) is 12.4. The van der Waals surface area contributed by atoms with Crippen molar-refractivity contribution in [2.45, 2.75) is 20.8 Å². The van der Waals surface area contributed by atoms with Gasteiger partial charge < -0.3 is 16.0 Å². The molecular formula is C21H23N5O2. The summed E-state index contributed by atoms with van der Waals surface area (Å²) in [6.45, 7) is 5.64. The van der Waals surface area contributed by atoms with Gasteiger partial charge in [-0.15, -0.1) is 0 Å². The summed E-state index contributed by atoms with van der Waals surface area (Å²) in [5.41, 5.74) is 5.20. The molecule has 0 aliphatic heterocycles. The van der Waals surface area contributed by atoms with Gasteiger partial charge in [0.15, 0.2) is 0 Å². The molecule has 0 bridgehead atoms. The zero-order chi connectivity index (χ0) is 20.1. The zero-order valence-electron chi connectivity index (χ0n) is 16.1. The minimum atomic E-state index is -0.438. The highest BCUT2D eigenvalue weighted by atomic mass is 16.2. The van der Waals surface area contributed by atoms with Crippen LogP contribution in [0.2, 0.25) is 0 Å². The number of amides is 3. The van der Waals surface area contributed by atoms with Crippen molar-refractivity contribution in [3.8, 4) is 5.69 Å². The summed E-state index contributed by atoms with van der Waals surface area (Å²) >= 11 is 0. The zero-order valence-corrected chi connectivity index (χ0v) is 16.1. The van der Waals surface area contributed by atoms with Crippen LogP contribution in [-0.2, 0) is 4.79 Å². The van der Waals surface area contributed by atoms with Gasteiger partial charge in [0.25, 0.3) is 0 Å². The van der Waals surface area contributed by atoms with Crippen LogP contribution in [0, 0.1) is 20.8 Å². The molecule has 28 heavy (non-hydrogen) atoms. The van der Waals surface area contributed by atoms with Crippen LogP contribution in [0.3, 0.4) is 0 Å². The molecule has 0 saturated heterocycles. The Morgan fingerprint density at radius 1 is 0.964 bits per heavy atom. The van der Waals surface area contributed by atoms with Gasteiger partial charge in [-0.25, -0.2) is 9.48 Å². The lowest BCUT2D eigenvalue weighted by molar-refractivity contribution is -0.115. The fraction of sp³-hybridized carbons (Fsp3) is 0.190. The number of rotatable bonds is 5. The van der Waals surface area contributed by atoms with Gasteiger partial charge in [0.2, 0.25) is 5.91 Å². The van der Waals surface area contributed by atoms with E-state index >= 15 is 0 Å². The third-order valence-corrected chi connectivity index (χ3v) is 4.38. The van der Waals surface area contributed by atoms with Crippen molar-refractivity contribution in [3.05, 3.63) is 71.5 Å². The molecule has 7 heteroatoms. The van der Waals surface area contributed by atoms with E-state index < -0.39 is 6.03 Å². The molecule has 0 fully saturated rings. The van der Waals surface area contributed by atoms with Gasteiger partial charge in [0.1, 0.15) is 0 Å². The first-order valence-corrected chi connectivity index (χ1v) is 8.95. The van der Waals surface area contributed by atoms with Gasteiger partial charge in [-0.05, 0) is 61.7 Å². The summed E-state index contributed by atoms with van der Waals surface area (Å²) < 4.78 is 1.74. The highest BCUT2D eigenvalue weighted by molar-refractivity contribution is 5.98. The van der Waals surface area contributed by atoms with Gasteiger partial charge in [0.05, 0.1) is 12.2 Å². The van der Waals surface area contributed by atoms with Crippen molar-refractivity contribution in [1.82, 2.24) is 15.1 Å². The monoisotopic (exact) mass is 377 g/mol. The number of urea groups is 1. The number of para-hydroxylation sites is 1. The average Bonchev–Trinajstić information content (AvgIpc) is 3.19. The van der Waals surface area contributed by atoms with E-state index in [1.165, 1.54) is 0 Å². The Morgan fingerprint density at radius 2 is 1.71 bits per heavy atom. The molecule has 1 aromatic heterocycles. The maximum atomic E-state index is 12.2. The molecular weight excluding hydrogens is 354 g/mol. The lowest BCUT2D eigenvalue weighted by Crippen LogP contribution is -2.36. The third-order valence-electron chi connectivity index (χ3n) is 4.38. The van der Waals surface area contributed by atoms with Gasteiger partial charge in [-0.3, -0.25) is 4.79 Å². The van der Waals surface area contributed by atoms with Crippen molar-refractivity contribution in [1.29, 1.82) is 0 Å². The molecule has 2 aromatic carbocycles. The Hall–Kier alpha value is -3.61. The summed E-state index contributed by atoms with van der Waals surface area (Å²) in [6, 6.07) is 12.8. The highest BCUT2D eigenvalue weighted by Crippen LogP contribution is 2.20. The predicted octanol–water partition coefficient (Wildman–Crippen LogP) is 3.56. The van der Waals surface area contributed by atoms with Crippen LogP contribution >= 0.6 is 0 Å². The number of hydrogen-bond donors (Lipinski definition) is 3. The van der Waals surface area contributed by atoms with Gasteiger partial charge in [-0.1, -0.05) is 18.2 Å². The molecule has 0 spiro atoms. The van der Waals surface area contributed by atoms with Crippen molar-refractivity contribution in [2.24, 2.45) is 0 Å². The van der Waals surface area contributed by atoms with Gasteiger partial charge in [0, 0.05) is 23.8 Å². The quantitative estimate of drug-likeness (QED) is 0.635. The van der Waals surface area contributed by atoms with Crippen molar-refractivity contribution in [2.75, 3.05) is 17.2 Å². The molecule has 7 nitrogen and oxygen atoms in total. The summed E-state index contributed by atoms with van der Waals surface area (Å²) in [4.78, 5) is 24.3. The molecule has 3 aromatic rings. The van der Waals surface area contributed by atoms with Gasteiger partial charge in [-0.2, -0.15) is 5.10 Å². The molecule has 0 atom stereocenters. The van der Waals surface area contributed by atoms with Crippen molar-refractivity contribution in [3.63, 3.8) is 0 Å². The molecule has 0 saturated carbocycles. The normalized spacial score (nSPS) is 10.4. The second-order valence-electron chi connectivity index (χ2n) is 6.57. The van der Waals surface area contributed by atoms with Crippen LogP contribution in [0.15, 0.2) is 54.9 Å². The van der Waals surface area contributed by atoms with E-state index in [-0.39, 0.29) is 12.5 Å². The lowest BCUT2D eigenvalue weighted by atomic mass is 10.1. The topological polar surface area (TPSA) is 88.1 Å². The first kappa shape index (κ1) is 19.2. The highest BCUT2D eigenvalue weighted by Gasteiger charge is 2.10. The summed E-state index contributed by atoms with van der Waals surface area (Å²) in [5.74, 6) is -0.279. The van der Waals surface area contributed by atoms with Crippen LogP contribution in [-0.4, -0.2) is 28.3 Å². The van der Waals surface area contributed by atoms with E-state index in [4.69, 9.17) is 0 Å². The number of anilines is 2. The number of aromatic nitrogens is 2. The number of hydrogen-bond acceptors (Lipinski definition) is 3. The first-order chi connectivity index (χ1) is 13.4. The standard InChI is InChI=1S/C21H23N5O2/c1-14-6-4-7-15(2)20(14)25-19(27)13-22-21(28)24-18-9-8-17(12-16(18)3)26-11-5-10-23-26/h4-12H,13H2,1-3H3,(H,25,27)(H2,22,24,28). The summed E-state index contributed by atoms with van der Waals surface area (Å²) in [7, 11) is 0. The number of carbonyl (C=O) groups is 2. The van der Waals surface area contributed by atoms with Crippen molar-refractivity contribution < 1.29 is 9.59 Å². The largest absolute Gasteiger partial charge is 0.329 e. The van der Waals surface area contributed by atoms with Crippen LogP contribution in [0.1, 0.15) is 16.7 Å². The Bertz CT molecular complexity index is 976. The van der Waals surface area contributed by atoms with E-state index in [2.05, 4.69) is 21.0 Å². The molecule has 0 aliphatic rings. The number of benzene rings is 2. The van der Waals surface area contributed by atoms with E-state index in [1.807, 2.05) is 69.4 Å². The Kier molecular flexibility index (Phi) is 5.74. The van der Waals surface area contributed by atoms with Crippen molar-refractivity contribution >= 4 is 23.3 Å². The lowest BCUT2D eigenvalue weighted by Gasteiger charge is -2.13. The molecule has 3 amide bonds. The van der Waals surface area contributed by atoms with Gasteiger partial charge >= 0.3 is 6.03 Å². The molecule has 144 valence electrons. The maximum absolute atomic E-state index is 12.2. The maximum Gasteiger partial charge on any atom is 0.319 e. The number of aryl methyl sites for hydroxylation is 3. The fourth-order valence-electron chi connectivity index (χ4n) is 2.87. The Labute approximate surface area is 163 Å². The third kappa shape index (κ3) is 4.56. The van der Waals surface area contributed by atoms with Crippen LogP contribution in [0.4, 0.5) is 16.2 Å². The smallest absolute Gasteiger partial charge is 0.319 e. The average molecular weight is 377 g/mol. The van der Waals surface area contributed by atoms with E-state index in [0.29, 0.717) is 5.69 Å². The predicted molar refractivity (Wildman–Crippen MR) is 110 cm³/mol. The SMILES string of the molecule is Cc1cc(-n2cccn2)ccc1NC(=O)NCC(=O)Nc1c(C)cccc1C. The first-order valence-electron chi connectivity index (χ1n) is 8.95. The van der Waals surface area contributed by atoms with Crippen LogP contribution in [0.5, 0.6) is 0 Å². The number of carbonyl (C=O) groups excluding carboxylic acids is 2. The van der Waals surface area contributed by atoms with E-state index in [1.54, 1.807) is 10.9 Å². The second kappa shape index (κ2) is 8.39. The number of nitrogens with zero attached hydrogens (tertiary/aromatic N) is 2.